The third-order valence-corrected chi connectivity index (χ3v) is 3.58. The van der Waals surface area contributed by atoms with E-state index in [0.29, 0.717) is 6.61 Å². The van der Waals surface area contributed by atoms with Crippen LogP contribution in [0.4, 0.5) is 0 Å². The first-order valence-electron chi connectivity index (χ1n) is 6.78. The van der Waals surface area contributed by atoms with Crippen molar-refractivity contribution in [2.24, 2.45) is 5.92 Å². The highest BCUT2D eigenvalue weighted by Crippen LogP contribution is 2.35. The molecule has 1 aliphatic rings. The largest absolute Gasteiger partial charge is 0.494 e. The zero-order valence-corrected chi connectivity index (χ0v) is 11.1. The van der Waals surface area contributed by atoms with E-state index in [-0.39, 0.29) is 12.0 Å². The minimum atomic E-state index is -0.460. The summed E-state index contributed by atoms with van der Waals surface area (Å²) in [5.74, 6) is 1.02. The Kier molecular flexibility index (Phi) is 4.61. The highest BCUT2D eigenvalue weighted by molar-refractivity contribution is 5.30. The molecule has 1 heterocycles. The van der Waals surface area contributed by atoms with Gasteiger partial charge in [-0.05, 0) is 37.5 Å². The predicted molar refractivity (Wildman–Crippen MR) is 70.7 cm³/mol. The molecule has 3 atom stereocenters. The van der Waals surface area contributed by atoms with E-state index in [4.69, 9.17) is 9.47 Å². The summed E-state index contributed by atoms with van der Waals surface area (Å²) in [6.45, 7) is 5.46. The fourth-order valence-electron chi connectivity index (χ4n) is 2.65. The van der Waals surface area contributed by atoms with Gasteiger partial charge in [-0.3, -0.25) is 0 Å². The molecule has 0 spiro atoms. The van der Waals surface area contributed by atoms with Crippen molar-refractivity contribution in [1.29, 1.82) is 0 Å². The highest BCUT2D eigenvalue weighted by atomic mass is 16.5. The average Bonchev–Trinajstić information content (AvgIpc) is 2.87. The van der Waals surface area contributed by atoms with Crippen LogP contribution < -0.4 is 4.74 Å². The van der Waals surface area contributed by atoms with Gasteiger partial charge in [-0.1, -0.05) is 19.1 Å². The SMILES string of the molecule is CCOc1cccc(C(O)C2CCOC2CC)c1. The van der Waals surface area contributed by atoms with Crippen molar-refractivity contribution < 1.29 is 14.6 Å². The summed E-state index contributed by atoms with van der Waals surface area (Å²) in [6.07, 6.45) is 1.60. The van der Waals surface area contributed by atoms with E-state index in [0.717, 1.165) is 30.8 Å². The van der Waals surface area contributed by atoms with Crippen molar-refractivity contribution in [2.45, 2.75) is 38.9 Å². The number of benzene rings is 1. The highest BCUT2D eigenvalue weighted by Gasteiger charge is 2.33. The van der Waals surface area contributed by atoms with Crippen LogP contribution in [0, 0.1) is 5.92 Å². The third kappa shape index (κ3) is 2.85. The van der Waals surface area contributed by atoms with Gasteiger partial charge in [0.15, 0.2) is 0 Å². The molecule has 0 saturated carbocycles. The van der Waals surface area contributed by atoms with Crippen LogP contribution in [-0.4, -0.2) is 24.4 Å². The van der Waals surface area contributed by atoms with E-state index in [9.17, 15) is 5.11 Å². The standard InChI is InChI=1S/C15H22O3/c1-3-14-13(8-9-18-14)15(16)11-6-5-7-12(10-11)17-4-2/h5-7,10,13-16H,3-4,8-9H2,1-2H3. The maximum absolute atomic E-state index is 10.5. The number of aliphatic hydroxyl groups is 1. The number of hydrogen-bond acceptors (Lipinski definition) is 3. The molecule has 3 nitrogen and oxygen atoms in total. The molecule has 1 aliphatic heterocycles. The lowest BCUT2D eigenvalue weighted by Gasteiger charge is -2.23. The Morgan fingerprint density at radius 2 is 2.28 bits per heavy atom. The minimum Gasteiger partial charge on any atom is -0.494 e. The van der Waals surface area contributed by atoms with Crippen LogP contribution in [-0.2, 0) is 4.74 Å². The Hall–Kier alpha value is -1.06. The normalized spacial score (nSPS) is 25.1. The molecular weight excluding hydrogens is 228 g/mol. The van der Waals surface area contributed by atoms with Gasteiger partial charge in [0.25, 0.3) is 0 Å². The maximum Gasteiger partial charge on any atom is 0.119 e. The van der Waals surface area contributed by atoms with Crippen LogP contribution in [0.1, 0.15) is 38.4 Å². The Balaban J connectivity index is 2.12. The van der Waals surface area contributed by atoms with Crippen LogP contribution in [0.3, 0.4) is 0 Å². The molecule has 3 unspecified atom stereocenters. The number of aliphatic hydroxyl groups excluding tert-OH is 1. The van der Waals surface area contributed by atoms with Crippen molar-refractivity contribution in [3.63, 3.8) is 0 Å². The summed E-state index contributed by atoms with van der Waals surface area (Å²) in [7, 11) is 0. The van der Waals surface area contributed by atoms with Gasteiger partial charge in [-0.15, -0.1) is 0 Å². The molecule has 1 fully saturated rings. The van der Waals surface area contributed by atoms with E-state index >= 15 is 0 Å². The second-order valence-electron chi connectivity index (χ2n) is 4.72. The molecule has 0 bridgehead atoms. The summed E-state index contributed by atoms with van der Waals surface area (Å²) >= 11 is 0. The zero-order valence-electron chi connectivity index (χ0n) is 11.1. The first-order valence-corrected chi connectivity index (χ1v) is 6.78. The second kappa shape index (κ2) is 6.21. The van der Waals surface area contributed by atoms with Crippen molar-refractivity contribution in [1.82, 2.24) is 0 Å². The van der Waals surface area contributed by atoms with Gasteiger partial charge >= 0.3 is 0 Å². The lowest BCUT2D eigenvalue weighted by molar-refractivity contribution is 0.0306. The Labute approximate surface area is 109 Å². The lowest BCUT2D eigenvalue weighted by atomic mass is 9.89. The van der Waals surface area contributed by atoms with Gasteiger partial charge in [0.2, 0.25) is 0 Å². The van der Waals surface area contributed by atoms with Crippen molar-refractivity contribution in [2.75, 3.05) is 13.2 Å². The summed E-state index contributed by atoms with van der Waals surface area (Å²) in [6, 6.07) is 7.74. The number of ether oxygens (including phenoxy) is 2. The smallest absolute Gasteiger partial charge is 0.119 e. The first kappa shape index (κ1) is 13.4. The molecule has 1 aromatic rings. The van der Waals surface area contributed by atoms with Gasteiger partial charge in [0.1, 0.15) is 5.75 Å². The third-order valence-electron chi connectivity index (χ3n) is 3.58. The molecule has 3 heteroatoms. The fraction of sp³-hybridized carbons (Fsp3) is 0.600. The number of hydrogen-bond donors (Lipinski definition) is 1. The van der Waals surface area contributed by atoms with Crippen LogP contribution in [0.15, 0.2) is 24.3 Å². The molecule has 1 aromatic carbocycles. The zero-order chi connectivity index (χ0) is 13.0. The van der Waals surface area contributed by atoms with E-state index in [1.807, 2.05) is 31.2 Å². The molecule has 100 valence electrons. The Bertz CT molecular complexity index is 378. The molecule has 0 aromatic heterocycles. The molecule has 18 heavy (non-hydrogen) atoms. The van der Waals surface area contributed by atoms with E-state index in [1.165, 1.54) is 0 Å². The molecule has 0 aliphatic carbocycles. The monoisotopic (exact) mass is 250 g/mol. The molecule has 0 amide bonds. The summed E-state index contributed by atoms with van der Waals surface area (Å²) in [4.78, 5) is 0. The van der Waals surface area contributed by atoms with Gasteiger partial charge in [0, 0.05) is 12.5 Å². The topological polar surface area (TPSA) is 38.7 Å². The Morgan fingerprint density at radius 3 is 3.00 bits per heavy atom. The summed E-state index contributed by atoms with van der Waals surface area (Å²) < 4.78 is 11.1. The minimum absolute atomic E-state index is 0.177. The average molecular weight is 250 g/mol. The Morgan fingerprint density at radius 1 is 1.44 bits per heavy atom. The van der Waals surface area contributed by atoms with Crippen LogP contribution in [0.5, 0.6) is 5.75 Å². The van der Waals surface area contributed by atoms with Crippen LogP contribution in [0.2, 0.25) is 0 Å². The van der Waals surface area contributed by atoms with Crippen LogP contribution >= 0.6 is 0 Å². The van der Waals surface area contributed by atoms with E-state index < -0.39 is 6.10 Å². The fourth-order valence-corrected chi connectivity index (χ4v) is 2.65. The van der Waals surface area contributed by atoms with E-state index in [1.54, 1.807) is 0 Å². The van der Waals surface area contributed by atoms with Gasteiger partial charge in [-0.25, -0.2) is 0 Å². The molecule has 1 saturated heterocycles. The van der Waals surface area contributed by atoms with Gasteiger partial charge in [0.05, 0.1) is 18.8 Å². The molecule has 0 radical (unpaired) electrons. The van der Waals surface area contributed by atoms with Crippen molar-refractivity contribution in [3.05, 3.63) is 29.8 Å². The molecule has 1 N–H and O–H groups in total. The first-order chi connectivity index (χ1) is 8.76. The van der Waals surface area contributed by atoms with Gasteiger partial charge < -0.3 is 14.6 Å². The van der Waals surface area contributed by atoms with Gasteiger partial charge in [-0.2, -0.15) is 0 Å². The molecular formula is C15H22O3. The maximum atomic E-state index is 10.5. The lowest BCUT2D eigenvalue weighted by Crippen LogP contribution is -2.22. The van der Waals surface area contributed by atoms with Crippen molar-refractivity contribution >= 4 is 0 Å². The predicted octanol–water partition coefficient (Wildman–Crippen LogP) is 2.93. The summed E-state index contributed by atoms with van der Waals surface area (Å²) in [5.41, 5.74) is 0.926. The van der Waals surface area contributed by atoms with Crippen molar-refractivity contribution in [3.8, 4) is 5.75 Å². The molecule has 2 rings (SSSR count). The van der Waals surface area contributed by atoms with Crippen LogP contribution in [0.25, 0.3) is 0 Å². The van der Waals surface area contributed by atoms with E-state index in [2.05, 4.69) is 6.92 Å². The quantitative estimate of drug-likeness (QED) is 0.873. The second-order valence-corrected chi connectivity index (χ2v) is 4.72. The number of rotatable bonds is 5. The summed E-state index contributed by atoms with van der Waals surface area (Å²) in [5, 5.41) is 10.5.